The summed E-state index contributed by atoms with van der Waals surface area (Å²) in [7, 11) is 0. The van der Waals surface area contributed by atoms with E-state index in [1.54, 1.807) is 0 Å². The molecular weight excluding hydrogens is 288 g/mol. The Morgan fingerprint density at radius 1 is 0.913 bits per heavy atom. The summed E-state index contributed by atoms with van der Waals surface area (Å²) in [6, 6.07) is 10.5. The zero-order chi connectivity index (χ0) is 16.2. The van der Waals surface area contributed by atoms with Crippen molar-refractivity contribution in [3.63, 3.8) is 0 Å². The van der Waals surface area contributed by atoms with E-state index in [0.717, 1.165) is 32.7 Å². The Bertz CT molecular complexity index is 388. The van der Waals surface area contributed by atoms with Gasteiger partial charge in [0.1, 0.15) is 0 Å². The van der Waals surface area contributed by atoms with E-state index in [4.69, 9.17) is 15.2 Å². The van der Waals surface area contributed by atoms with Crippen LogP contribution in [0.15, 0.2) is 30.3 Å². The first-order valence-electron chi connectivity index (χ1n) is 9.06. The van der Waals surface area contributed by atoms with Crippen molar-refractivity contribution in [2.75, 3.05) is 26.3 Å². The Morgan fingerprint density at radius 2 is 1.57 bits per heavy atom. The smallest absolute Gasteiger partial charge is 0.0699 e. The summed E-state index contributed by atoms with van der Waals surface area (Å²) in [6.07, 6.45) is 8.23. The van der Waals surface area contributed by atoms with E-state index in [1.807, 2.05) is 6.07 Å². The van der Waals surface area contributed by atoms with Crippen molar-refractivity contribution in [1.29, 1.82) is 0 Å². The van der Waals surface area contributed by atoms with Crippen LogP contribution in [-0.4, -0.2) is 38.5 Å². The van der Waals surface area contributed by atoms with Crippen molar-refractivity contribution in [3.05, 3.63) is 35.9 Å². The molecule has 1 aromatic rings. The topological polar surface area (TPSA) is 56.5 Å². The van der Waals surface area contributed by atoms with Crippen LogP contribution in [-0.2, 0) is 16.0 Å². The van der Waals surface area contributed by atoms with E-state index >= 15 is 0 Å². The van der Waals surface area contributed by atoms with E-state index in [1.165, 1.54) is 37.7 Å². The molecule has 2 unspecified atom stereocenters. The molecule has 2 atom stereocenters. The fourth-order valence-electron chi connectivity index (χ4n) is 2.94. The van der Waals surface area contributed by atoms with Crippen LogP contribution in [0.25, 0.3) is 0 Å². The summed E-state index contributed by atoms with van der Waals surface area (Å²) < 4.78 is 11.0. The number of ether oxygens (including phenoxy) is 2. The number of benzene rings is 1. The van der Waals surface area contributed by atoms with Gasteiger partial charge in [0.2, 0.25) is 0 Å². The molecular formula is C19H32N2O2. The summed E-state index contributed by atoms with van der Waals surface area (Å²) in [5, 5.41) is 3.45. The molecule has 0 aliphatic carbocycles. The minimum atomic E-state index is 0.365. The van der Waals surface area contributed by atoms with Gasteiger partial charge in [0.05, 0.1) is 12.2 Å². The van der Waals surface area contributed by atoms with Crippen LogP contribution in [0.5, 0.6) is 0 Å². The Kier molecular flexibility index (Phi) is 9.26. The number of rotatable bonds is 5. The molecule has 0 spiro atoms. The first-order chi connectivity index (χ1) is 11.4. The molecule has 0 bridgehead atoms. The van der Waals surface area contributed by atoms with Crippen molar-refractivity contribution in [3.8, 4) is 0 Å². The summed E-state index contributed by atoms with van der Waals surface area (Å²) >= 11 is 0. The second kappa shape index (κ2) is 11.6. The molecule has 3 rings (SSSR count). The molecule has 2 fully saturated rings. The van der Waals surface area contributed by atoms with Gasteiger partial charge in [-0.1, -0.05) is 30.3 Å². The minimum absolute atomic E-state index is 0.365. The average Bonchev–Trinajstić information content (AvgIpc) is 2.65. The summed E-state index contributed by atoms with van der Waals surface area (Å²) in [5.74, 6) is 0. The molecule has 2 saturated heterocycles. The average molecular weight is 320 g/mol. The van der Waals surface area contributed by atoms with Crippen LogP contribution < -0.4 is 11.1 Å². The van der Waals surface area contributed by atoms with Gasteiger partial charge in [-0.25, -0.2) is 0 Å². The second-order valence-corrected chi connectivity index (χ2v) is 6.33. The number of hydrogen-bond acceptors (Lipinski definition) is 4. The zero-order valence-electron chi connectivity index (χ0n) is 14.2. The molecule has 2 aliphatic rings. The maximum atomic E-state index is 5.65. The van der Waals surface area contributed by atoms with Crippen LogP contribution in [0.4, 0.5) is 0 Å². The highest BCUT2D eigenvalue weighted by Crippen LogP contribution is 2.12. The molecule has 0 radical (unpaired) electrons. The highest BCUT2D eigenvalue weighted by Gasteiger charge is 2.12. The molecule has 1 aromatic carbocycles. The monoisotopic (exact) mass is 320 g/mol. The third-order valence-corrected chi connectivity index (χ3v) is 4.35. The predicted octanol–water partition coefficient (Wildman–Crippen LogP) is 2.86. The van der Waals surface area contributed by atoms with E-state index in [9.17, 15) is 0 Å². The van der Waals surface area contributed by atoms with Crippen LogP contribution in [0.2, 0.25) is 0 Å². The Hall–Kier alpha value is -0.940. The first-order valence-corrected chi connectivity index (χ1v) is 9.06. The molecule has 2 aliphatic heterocycles. The Balaban J connectivity index is 0.000000203. The lowest BCUT2D eigenvalue weighted by Gasteiger charge is -2.22. The van der Waals surface area contributed by atoms with Crippen molar-refractivity contribution >= 4 is 0 Å². The maximum Gasteiger partial charge on any atom is 0.0699 e. The van der Waals surface area contributed by atoms with Gasteiger partial charge < -0.3 is 20.5 Å². The van der Waals surface area contributed by atoms with Gasteiger partial charge in [0, 0.05) is 32.8 Å². The molecule has 0 saturated carbocycles. The second-order valence-electron chi connectivity index (χ2n) is 6.33. The fraction of sp³-hybridized carbons (Fsp3) is 0.684. The van der Waals surface area contributed by atoms with E-state index < -0.39 is 0 Å². The molecule has 4 heteroatoms. The lowest BCUT2D eigenvalue weighted by atomic mass is 10.1. The summed E-state index contributed by atoms with van der Waals surface area (Å²) in [4.78, 5) is 0. The molecule has 130 valence electrons. The standard InChI is InChI=1S/C13H19NO.C6H13NO/c1-2-6-12(7-3-1)10-14-11-13-8-4-5-9-15-13;7-5-6-3-1-2-4-8-6/h1-3,6-7,13-14H,4-5,8-11H2;6H,1-5,7H2. The predicted molar refractivity (Wildman–Crippen MR) is 94.4 cm³/mol. The maximum absolute atomic E-state index is 5.65. The molecule has 4 nitrogen and oxygen atoms in total. The van der Waals surface area contributed by atoms with Crippen molar-refractivity contribution in [2.24, 2.45) is 5.73 Å². The Labute approximate surface area is 140 Å². The fourth-order valence-corrected chi connectivity index (χ4v) is 2.94. The molecule has 3 N–H and O–H groups in total. The Morgan fingerprint density at radius 3 is 2.09 bits per heavy atom. The SMILES string of the molecule is NCC1CCCCO1.c1ccc(CNCC2CCCCO2)cc1. The zero-order valence-corrected chi connectivity index (χ0v) is 14.2. The molecule has 0 aromatic heterocycles. The van der Waals surface area contributed by atoms with Gasteiger partial charge in [-0.3, -0.25) is 0 Å². The van der Waals surface area contributed by atoms with Gasteiger partial charge in [-0.05, 0) is 44.1 Å². The summed E-state index contributed by atoms with van der Waals surface area (Å²) in [5.41, 5.74) is 6.72. The van der Waals surface area contributed by atoms with Gasteiger partial charge >= 0.3 is 0 Å². The van der Waals surface area contributed by atoms with Crippen LogP contribution in [0.1, 0.15) is 44.1 Å². The largest absolute Gasteiger partial charge is 0.377 e. The normalized spacial score (nSPS) is 24.6. The van der Waals surface area contributed by atoms with Gasteiger partial charge in [-0.2, -0.15) is 0 Å². The van der Waals surface area contributed by atoms with Crippen molar-refractivity contribution < 1.29 is 9.47 Å². The summed E-state index contributed by atoms with van der Waals surface area (Å²) in [6.45, 7) is 4.48. The molecule has 2 heterocycles. The highest BCUT2D eigenvalue weighted by molar-refractivity contribution is 5.14. The van der Waals surface area contributed by atoms with E-state index in [0.29, 0.717) is 18.8 Å². The van der Waals surface area contributed by atoms with Crippen molar-refractivity contribution in [1.82, 2.24) is 5.32 Å². The van der Waals surface area contributed by atoms with Gasteiger partial charge in [-0.15, -0.1) is 0 Å². The van der Waals surface area contributed by atoms with Gasteiger partial charge in [0.25, 0.3) is 0 Å². The minimum Gasteiger partial charge on any atom is -0.377 e. The van der Waals surface area contributed by atoms with Crippen LogP contribution in [0.3, 0.4) is 0 Å². The number of nitrogens with one attached hydrogen (secondary N) is 1. The third-order valence-electron chi connectivity index (χ3n) is 4.35. The first kappa shape index (κ1) is 18.4. The van der Waals surface area contributed by atoms with E-state index in [2.05, 4.69) is 29.6 Å². The lowest BCUT2D eigenvalue weighted by molar-refractivity contribution is 0.0168. The van der Waals surface area contributed by atoms with Crippen LogP contribution in [0, 0.1) is 0 Å². The van der Waals surface area contributed by atoms with Crippen LogP contribution >= 0.6 is 0 Å². The van der Waals surface area contributed by atoms with Crippen molar-refractivity contribution in [2.45, 2.75) is 57.3 Å². The third kappa shape index (κ3) is 7.93. The highest BCUT2D eigenvalue weighted by atomic mass is 16.5. The van der Waals surface area contributed by atoms with Gasteiger partial charge in [0.15, 0.2) is 0 Å². The lowest BCUT2D eigenvalue weighted by Crippen LogP contribution is -2.31. The quantitative estimate of drug-likeness (QED) is 0.876. The molecule has 23 heavy (non-hydrogen) atoms. The van der Waals surface area contributed by atoms with E-state index in [-0.39, 0.29) is 0 Å². The molecule has 0 amide bonds. The number of nitrogens with two attached hydrogens (primary N) is 1. The number of hydrogen-bond donors (Lipinski definition) is 2.